The van der Waals surface area contributed by atoms with E-state index in [2.05, 4.69) is 20.4 Å². The van der Waals surface area contributed by atoms with Crippen LogP contribution in [0.5, 0.6) is 0 Å². The Kier molecular flexibility index (Phi) is 3.97. The maximum Gasteiger partial charge on any atom is 0.229 e. The molecule has 0 atom stereocenters. The minimum atomic E-state index is -3.45. The number of sulfone groups is 1. The lowest BCUT2D eigenvalue weighted by molar-refractivity contribution is 0.319. The molecule has 0 radical (unpaired) electrons. The summed E-state index contributed by atoms with van der Waals surface area (Å²) in [6.07, 6.45) is 3.34. The summed E-state index contributed by atoms with van der Waals surface area (Å²) < 4.78 is 25.3. The summed E-state index contributed by atoms with van der Waals surface area (Å²) in [5.74, 6) is 0.104. The molecule has 0 amide bonds. The summed E-state index contributed by atoms with van der Waals surface area (Å²) in [5, 5.41) is 16.7. The van der Waals surface area contributed by atoms with Crippen LogP contribution in [0.2, 0.25) is 0 Å². The van der Waals surface area contributed by atoms with Crippen molar-refractivity contribution in [2.75, 3.05) is 17.7 Å². The molecule has 1 aromatic carbocycles. The maximum atomic E-state index is 11.8. The zero-order chi connectivity index (χ0) is 16.4. The predicted octanol–water partition coefficient (Wildman–Crippen LogP) is 0.873. The summed E-state index contributed by atoms with van der Waals surface area (Å²) in [6.45, 7) is -0.402. The standard InChI is InChI=1S/C14H15N5O3S/c1-19-13-10(9-16-19)8-15-14(18-13)17-11-2-4-12(5-3-11)23(21,22)7-6-20/h2-5,8-9,20H,6-7H2,1H3,(H,15,17,18). The fourth-order valence-corrected chi connectivity index (χ4v) is 3.14. The number of benzene rings is 1. The molecule has 0 aliphatic carbocycles. The highest BCUT2D eigenvalue weighted by Gasteiger charge is 2.13. The average Bonchev–Trinajstić information content (AvgIpc) is 2.89. The Bertz CT molecular complexity index is 935. The van der Waals surface area contributed by atoms with Gasteiger partial charge in [0, 0.05) is 18.9 Å². The number of aryl methyl sites for hydroxylation is 1. The minimum Gasteiger partial charge on any atom is -0.395 e. The molecule has 0 aliphatic rings. The lowest BCUT2D eigenvalue weighted by atomic mass is 10.3. The summed E-state index contributed by atoms with van der Waals surface area (Å²) in [6, 6.07) is 6.22. The van der Waals surface area contributed by atoms with Crippen LogP contribution in [0.4, 0.5) is 11.6 Å². The van der Waals surface area contributed by atoms with Crippen molar-refractivity contribution in [3.63, 3.8) is 0 Å². The quantitative estimate of drug-likeness (QED) is 0.713. The van der Waals surface area contributed by atoms with Gasteiger partial charge in [0.2, 0.25) is 5.95 Å². The van der Waals surface area contributed by atoms with Gasteiger partial charge >= 0.3 is 0 Å². The van der Waals surface area contributed by atoms with Gasteiger partial charge in [-0.05, 0) is 24.3 Å². The monoisotopic (exact) mass is 333 g/mol. The lowest BCUT2D eigenvalue weighted by Crippen LogP contribution is -2.10. The molecule has 2 N–H and O–H groups in total. The Hall–Kier alpha value is -2.52. The van der Waals surface area contributed by atoms with E-state index in [0.29, 0.717) is 17.3 Å². The number of aliphatic hydroxyl groups excluding tert-OH is 1. The van der Waals surface area contributed by atoms with Crippen molar-refractivity contribution in [1.82, 2.24) is 19.7 Å². The van der Waals surface area contributed by atoms with E-state index in [1.54, 1.807) is 36.3 Å². The Morgan fingerprint density at radius 2 is 1.96 bits per heavy atom. The van der Waals surface area contributed by atoms with Gasteiger partial charge in [-0.25, -0.2) is 13.4 Å². The van der Waals surface area contributed by atoms with Crippen LogP contribution in [0.25, 0.3) is 11.0 Å². The summed E-state index contributed by atoms with van der Waals surface area (Å²) in [5.41, 5.74) is 1.36. The van der Waals surface area contributed by atoms with Crippen molar-refractivity contribution < 1.29 is 13.5 Å². The Labute approximate surface area is 132 Å². The lowest BCUT2D eigenvalue weighted by Gasteiger charge is -2.07. The van der Waals surface area contributed by atoms with Gasteiger partial charge in [-0.2, -0.15) is 10.1 Å². The first-order valence-electron chi connectivity index (χ1n) is 6.85. The maximum absolute atomic E-state index is 11.8. The smallest absolute Gasteiger partial charge is 0.229 e. The van der Waals surface area contributed by atoms with Crippen LogP contribution >= 0.6 is 0 Å². The molecular weight excluding hydrogens is 318 g/mol. The summed E-state index contributed by atoms with van der Waals surface area (Å²) >= 11 is 0. The summed E-state index contributed by atoms with van der Waals surface area (Å²) in [4.78, 5) is 8.71. The van der Waals surface area contributed by atoms with Gasteiger partial charge in [0.05, 0.1) is 28.8 Å². The average molecular weight is 333 g/mol. The second kappa shape index (κ2) is 5.94. The second-order valence-corrected chi connectivity index (χ2v) is 7.04. The fourth-order valence-electron chi connectivity index (χ4n) is 2.11. The Balaban J connectivity index is 1.83. The van der Waals surface area contributed by atoms with Crippen LogP contribution in [0, 0.1) is 0 Å². The van der Waals surface area contributed by atoms with Crippen LogP contribution in [0.3, 0.4) is 0 Å². The molecule has 2 aromatic heterocycles. The zero-order valence-electron chi connectivity index (χ0n) is 12.3. The van der Waals surface area contributed by atoms with Gasteiger partial charge in [0.1, 0.15) is 0 Å². The van der Waals surface area contributed by atoms with E-state index < -0.39 is 16.4 Å². The number of hydrogen-bond donors (Lipinski definition) is 2. The zero-order valence-corrected chi connectivity index (χ0v) is 13.2. The number of hydrogen-bond acceptors (Lipinski definition) is 7. The Morgan fingerprint density at radius 3 is 2.65 bits per heavy atom. The molecule has 0 bridgehead atoms. The van der Waals surface area contributed by atoms with Crippen LogP contribution in [0.1, 0.15) is 0 Å². The molecule has 3 rings (SSSR count). The molecule has 9 heteroatoms. The van der Waals surface area contributed by atoms with E-state index in [-0.39, 0.29) is 10.6 Å². The van der Waals surface area contributed by atoms with Crippen molar-refractivity contribution in [3.8, 4) is 0 Å². The number of aliphatic hydroxyl groups is 1. The molecule has 0 saturated carbocycles. The predicted molar refractivity (Wildman–Crippen MR) is 85.2 cm³/mol. The number of anilines is 2. The number of aromatic nitrogens is 4. The fraction of sp³-hybridized carbons (Fsp3) is 0.214. The number of nitrogens with zero attached hydrogens (tertiary/aromatic N) is 4. The summed E-state index contributed by atoms with van der Waals surface area (Å²) in [7, 11) is -1.66. The van der Waals surface area contributed by atoms with Crippen molar-refractivity contribution in [3.05, 3.63) is 36.7 Å². The van der Waals surface area contributed by atoms with E-state index >= 15 is 0 Å². The van der Waals surface area contributed by atoms with Gasteiger partial charge in [0.15, 0.2) is 15.5 Å². The Morgan fingerprint density at radius 1 is 1.22 bits per heavy atom. The first-order valence-corrected chi connectivity index (χ1v) is 8.50. The topological polar surface area (TPSA) is 110 Å². The minimum absolute atomic E-state index is 0.167. The third-order valence-electron chi connectivity index (χ3n) is 3.30. The molecule has 23 heavy (non-hydrogen) atoms. The molecule has 120 valence electrons. The normalized spacial score (nSPS) is 11.7. The van der Waals surface area contributed by atoms with Crippen molar-refractivity contribution in [1.29, 1.82) is 0 Å². The number of nitrogens with one attached hydrogen (secondary N) is 1. The molecule has 2 heterocycles. The van der Waals surface area contributed by atoms with Gasteiger partial charge in [-0.15, -0.1) is 0 Å². The van der Waals surface area contributed by atoms with Gasteiger partial charge < -0.3 is 10.4 Å². The molecule has 0 saturated heterocycles. The van der Waals surface area contributed by atoms with Gasteiger partial charge in [-0.3, -0.25) is 4.68 Å². The van der Waals surface area contributed by atoms with Crippen molar-refractivity contribution in [2.45, 2.75) is 4.90 Å². The highest BCUT2D eigenvalue weighted by Crippen LogP contribution is 2.19. The molecule has 0 fully saturated rings. The van der Waals surface area contributed by atoms with E-state index in [1.807, 2.05) is 0 Å². The third kappa shape index (κ3) is 3.15. The molecule has 3 aromatic rings. The third-order valence-corrected chi connectivity index (χ3v) is 5.01. The molecule has 8 nitrogen and oxygen atoms in total. The van der Waals surface area contributed by atoms with Crippen LogP contribution in [-0.2, 0) is 16.9 Å². The van der Waals surface area contributed by atoms with Gasteiger partial charge in [-0.1, -0.05) is 0 Å². The molecule has 0 unspecified atom stereocenters. The molecular formula is C14H15N5O3S. The van der Waals surface area contributed by atoms with E-state index in [4.69, 9.17) is 5.11 Å². The highest BCUT2D eigenvalue weighted by atomic mass is 32.2. The highest BCUT2D eigenvalue weighted by molar-refractivity contribution is 7.91. The van der Waals surface area contributed by atoms with Crippen molar-refractivity contribution >= 4 is 32.5 Å². The first kappa shape index (κ1) is 15.4. The van der Waals surface area contributed by atoms with Crippen LogP contribution in [-0.4, -0.2) is 45.6 Å². The van der Waals surface area contributed by atoms with Crippen molar-refractivity contribution in [2.24, 2.45) is 7.05 Å². The molecule has 0 spiro atoms. The SMILES string of the molecule is Cn1ncc2cnc(Nc3ccc(S(=O)(=O)CCO)cc3)nc21. The van der Waals surface area contributed by atoms with Crippen LogP contribution < -0.4 is 5.32 Å². The molecule has 0 aliphatic heterocycles. The van der Waals surface area contributed by atoms with E-state index in [1.165, 1.54) is 12.1 Å². The van der Waals surface area contributed by atoms with E-state index in [0.717, 1.165) is 5.39 Å². The number of fused-ring (bicyclic) bond motifs is 1. The van der Waals surface area contributed by atoms with E-state index in [9.17, 15) is 8.42 Å². The second-order valence-electron chi connectivity index (χ2n) is 4.93. The first-order chi connectivity index (χ1) is 11.0. The number of rotatable bonds is 5. The van der Waals surface area contributed by atoms with Gasteiger partial charge in [0.25, 0.3) is 0 Å². The van der Waals surface area contributed by atoms with Crippen LogP contribution in [0.15, 0.2) is 41.6 Å². The largest absolute Gasteiger partial charge is 0.395 e.